The lowest BCUT2D eigenvalue weighted by atomic mass is 10.2. The lowest BCUT2D eigenvalue weighted by Crippen LogP contribution is -2.07. The third kappa shape index (κ3) is 2.12. The summed E-state index contributed by atoms with van der Waals surface area (Å²) < 4.78 is 0.876. The molecule has 2 N–H and O–H groups in total. The quantitative estimate of drug-likeness (QED) is 0.813. The van der Waals surface area contributed by atoms with E-state index < -0.39 is 0 Å². The van der Waals surface area contributed by atoms with Crippen molar-refractivity contribution in [2.75, 3.05) is 6.54 Å². The van der Waals surface area contributed by atoms with Gasteiger partial charge in [0.25, 0.3) is 0 Å². The number of ketones is 1. The maximum absolute atomic E-state index is 11.2. The van der Waals surface area contributed by atoms with E-state index in [-0.39, 0.29) is 5.78 Å². The zero-order chi connectivity index (χ0) is 8.27. The van der Waals surface area contributed by atoms with E-state index in [1.54, 1.807) is 0 Å². The van der Waals surface area contributed by atoms with Crippen LogP contribution in [0.5, 0.6) is 0 Å². The van der Waals surface area contributed by atoms with Gasteiger partial charge >= 0.3 is 0 Å². The summed E-state index contributed by atoms with van der Waals surface area (Å²) in [6.07, 6.45) is 0.426. The fraction of sp³-hybridized carbons (Fsp3) is 0.286. The third-order valence-electron chi connectivity index (χ3n) is 1.29. The van der Waals surface area contributed by atoms with Crippen molar-refractivity contribution >= 4 is 33.0 Å². The summed E-state index contributed by atoms with van der Waals surface area (Å²) >= 11 is 4.80. The molecule has 1 aromatic rings. The van der Waals surface area contributed by atoms with Crippen LogP contribution in [-0.4, -0.2) is 12.3 Å². The molecule has 1 rings (SSSR count). The van der Waals surface area contributed by atoms with E-state index in [9.17, 15) is 4.79 Å². The first-order chi connectivity index (χ1) is 5.25. The lowest BCUT2D eigenvalue weighted by Gasteiger charge is -1.94. The minimum Gasteiger partial charge on any atom is -0.330 e. The number of carbonyl (C=O) groups excluding carboxylic acids is 1. The highest BCUT2D eigenvalue weighted by Crippen LogP contribution is 2.22. The van der Waals surface area contributed by atoms with Crippen LogP contribution in [0.25, 0.3) is 0 Å². The average molecular weight is 234 g/mol. The topological polar surface area (TPSA) is 43.1 Å². The Morgan fingerprint density at radius 1 is 1.64 bits per heavy atom. The van der Waals surface area contributed by atoms with Gasteiger partial charge in [-0.05, 0) is 22.5 Å². The minimum atomic E-state index is 0.112. The molecule has 60 valence electrons. The Bertz CT molecular complexity index is 259. The fourth-order valence-corrected chi connectivity index (χ4v) is 2.27. The van der Waals surface area contributed by atoms with Crippen LogP contribution < -0.4 is 5.73 Å². The maximum Gasteiger partial charge on any atom is 0.166 e. The highest BCUT2D eigenvalue weighted by Gasteiger charge is 2.08. The number of hydrogen-bond acceptors (Lipinski definition) is 3. The molecule has 0 saturated heterocycles. The SMILES string of the molecule is NCCC(=O)c1cscc1Br. The molecule has 0 radical (unpaired) electrons. The molecule has 0 unspecified atom stereocenters. The smallest absolute Gasteiger partial charge is 0.166 e. The van der Waals surface area contributed by atoms with Crippen LogP contribution in [0.4, 0.5) is 0 Å². The van der Waals surface area contributed by atoms with Crippen molar-refractivity contribution in [2.24, 2.45) is 5.73 Å². The maximum atomic E-state index is 11.2. The van der Waals surface area contributed by atoms with Gasteiger partial charge in [0.2, 0.25) is 0 Å². The lowest BCUT2D eigenvalue weighted by molar-refractivity contribution is 0.0985. The minimum absolute atomic E-state index is 0.112. The van der Waals surface area contributed by atoms with E-state index in [2.05, 4.69) is 15.9 Å². The third-order valence-corrected chi connectivity index (χ3v) is 2.99. The molecule has 0 aliphatic carbocycles. The monoisotopic (exact) mass is 233 g/mol. The van der Waals surface area contributed by atoms with Gasteiger partial charge in [-0.1, -0.05) is 0 Å². The van der Waals surface area contributed by atoms with Crippen LogP contribution in [0, 0.1) is 0 Å². The standard InChI is InChI=1S/C7H8BrNOS/c8-6-4-11-3-5(6)7(10)1-2-9/h3-4H,1-2,9H2. The Balaban J connectivity index is 2.76. The molecule has 0 atom stereocenters. The van der Waals surface area contributed by atoms with Gasteiger partial charge in [-0.2, -0.15) is 11.3 Å². The summed E-state index contributed by atoms with van der Waals surface area (Å²) in [5.41, 5.74) is 6.00. The summed E-state index contributed by atoms with van der Waals surface area (Å²) in [5, 5.41) is 3.73. The Morgan fingerprint density at radius 2 is 2.36 bits per heavy atom. The van der Waals surface area contributed by atoms with Gasteiger partial charge in [0.15, 0.2) is 5.78 Å². The summed E-state index contributed by atoms with van der Waals surface area (Å²) in [6, 6.07) is 0. The Kier molecular flexibility index (Phi) is 3.23. The van der Waals surface area contributed by atoms with E-state index in [0.29, 0.717) is 13.0 Å². The highest BCUT2D eigenvalue weighted by molar-refractivity contribution is 9.10. The van der Waals surface area contributed by atoms with Gasteiger partial charge in [0.05, 0.1) is 0 Å². The zero-order valence-corrected chi connectivity index (χ0v) is 8.24. The molecule has 0 spiro atoms. The zero-order valence-electron chi connectivity index (χ0n) is 5.84. The van der Waals surface area contributed by atoms with Gasteiger partial charge in [-0.15, -0.1) is 0 Å². The van der Waals surface area contributed by atoms with E-state index >= 15 is 0 Å². The first kappa shape index (κ1) is 8.90. The molecule has 0 amide bonds. The molecule has 0 aliphatic rings. The summed E-state index contributed by atoms with van der Waals surface area (Å²) in [5.74, 6) is 0.112. The second-order valence-electron chi connectivity index (χ2n) is 2.10. The molecule has 0 bridgehead atoms. The normalized spacial score (nSPS) is 10.0. The molecular weight excluding hydrogens is 226 g/mol. The van der Waals surface area contributed by atoms with Gasteiger partial charge < -0.3 is 5.73 Å². The largest absolute Gasteiger partial charge is 0.330 e. The van der Waals surface area contributed by atoms with E-state index in [4.69, 9.17) is 5.73 Å². The molecule has 0 saturated carbocycles. The number of rotatable bonds is 3. The first-order valence-corrected chi connectivity index (χ1v) is 4.94. The van der Waals surface area contributed by atoms with Crippen LogP contribution in [-0.2, 0) is 0 Å². The van der Waals surface area contributed by atoms with Gasteiger partial charge in [0.1, 0.15) is 0 Å². The van der Waals surface area contributed by atoms with Crippen molar-refractivity contribution in [3.8, 4) is 0 Å². The van der Waals surface area contributed by atoms with Crippen LogP contribution in [0.2, 0.25) is 0 Å². The van der Waals surface area contributed by atoms with Gasteiger partial charge in [-0.3, -0.25) is 4.79 Å². The Hall–Kier alpha value is -0.190. The molecular formula is C7H8BrNOS. The predicted molar refractivity (Wildman–Crippen MR) is 50.0 cm³/mol. The van der Waals surface area contributed by atoms with Crippen molar-refractivity contribution in [1.29, 1.82) is 0 Å². The molecule has 2 nitrogen and oxygen atoms in total. The Labute approximate surface area is 77.5 Å². The number of nitrogens with two attached hydrogens (primary N) is 1. The summed E-state index contributed by atoms with van der Waals surface area (Å²) in [6.45, 7) is 0.418. The van der Waals surface area contributed by atoms with E-state index in [0.717, 1.165) is 10.0 Å². The predicted octanol–water partition coefficient (Wildman–Crippen LogP) is 2.04. The second kappa shape index (κ2) is 3.99. The Morgan fingerprint density at radius 3 is 2.82 bits per heavy atom. The first-order valence-electron chi connectivity index (χ1n) is 3.20. The molecule has 0 aromatic carbocycles. The second-order valence-corrected chi connectivity index (χ2v) is 3.69. The number of carbonyl (C=O) groups is 1. The highest BCUT2D eigenvalue weighted by atomic mass is 79.9. The molecule has 0 fully saturated rings. The molecule has 1 aromatic heterocycles. The summed E-state index contributed by atoms with van der Waals surface area (Å²) in [4.78, 5) is 11.2. The van der Waals surface area contributed by atoms with E-state index in [1.165, 1.54) is 11.3 Å². The number of hydrogen-bond donors (Lipinski definition) is 1. The summed E-state index contributed by atoms with van der Waals surface area (Å²) in [7, 11) is 0. The molecule has 0 aliphatic heterocycles. The van der Waals surface area contributed by atoms with Gasteiger partial charge in [0, 0.05) is 27.2 Å². The van der Waals surface area contributed by atoms with Crippen LogP contribution >= 0.6 is 27.3 Å². The van der Waals surface area contributed by atoms with Crippen molar-refractivity contribution in [1.82, 2.24) is 0 Å². The van der Waals surface area contributed by atoms with Crippen molar-refractivity contribution in [2.45, 2.75) is 6.42 Å². The van der Waals surface area contributed by atoms with Gasteiger partial charge in [-0.25, -0.2) is 0 Å². The van der Waals surface area contributed by atoms with E-state index in [1.807, 2.05) is 10.8 Å². The average Bonchev–Trinajstić information content (AvgIpc) is 2.36. The van der Waals surface area contributed by atoms with Crippen molar-refractivity contribution < 1.29 is 4.79 Å². The number of Topliss-reactive ketones (excluding diaryl/α,β-unsaturated/α-hetero) is 1. The van der Waals surface area contributed by atoms with Crippen molar-refractivity contribution in [3.63, 3.8) is 0 Å². The van der Waals surface area contributed by atoms with Crippen molar-refractivity contribution in [3.05, 3.63) is 20.8 Å². The molecule has 1 heterocycles. The van der Waals surface area contributed by atoms with Crippen LogP contribution in [0.3, 0.4) is 0 Å². The molecule has 11 heavy (non-hydrogen) atoms. The number of thiophene rings is 1. The van der Waals surface area contributed by atoms with Crippen LogP contribution in [0.1, 0.15) is 16.8 Å². The van der Waals surface area contributed by atoms with Crippen LogP contribution in [0.15, 0.2) is 15.2 Å². The fourth-order valence-electron chi connectivity index (χ4n) is 0.746. The number of halogens is 1. The molecule has 4 heteroatoms.